The van der Waals surface area contributed by atoms with E-state index >= 15 is 0 Å². The largest absolute Gasteiger partial charge is 0.478 e. The Morgan fingerprint density at radius 2 is 1.56 bits per heavy atom. The predicted octanol–water partition coefficient (Wildman–Crippen LogP) is 4.28. The van der Waals surface area contributed by atoms with E-state index in [1.807, 2.05) is 0 Å². The SMILES string of the molecule is O=C(O)C=Cc1ccnc(-c2cc(C(F)(F)F)cc(C(F)(F)F)c2)n1. The van der Waals surface area contributed by atoms with Crippen LogP contribution in [0.4, 0.5) is 26.3 Å². The van der Waals surface area contributed by atoms with Gasteiger partial charge in [0.15, 0.2) is 5.82 Å². The van der Waals surface area contributed by atoms with Gasteiger partial charge >= 0.3 is 18.3 Å². The van der Waals surface area contributed by atoms with Crippen molar-refractivity contribution in [2.24, 2.45) is 0 Å². The van der Waals surface area contributed by atoms with Gasteiger partial charge in [-0.15, -0.1) is 0 Å². The number of hydrogen-bond donors (Lipinski definition) is 1. The summed E-state index contributed by atoms with van der Waals surface area (Å²) in [5.74, 6) is -1.69. The molecule has 1 heterocycles. The number of nitrogens with zero attached hydrogens (tertiary/aromatic N) is 2. The molecule has 0 bridgehead atoms. The number of alkyl halides is 6. The Morgan fingerprint density at radius 1 is 1.00 bits per heavy atom. The summed E-state index contributed by atoms with van der Waals surface area (Å²) in [6.45, 7) is 0. The molecule has 4 nitrogen and oxygen atoms in total. The average molecular weight is 362 g/mol. The Morgan fingerprint density at radius 3 is 2.04 bits per heavy atom. The molecular weight excluding hydrogens is 354 g/mol. The van der Waals surface area contributed by atoms with Crippen LogP contribution in [-0.4, -0.2) is 21.0 Å². The molecular formula is C15H8F6N2O2. The smallest absolute Gasteiger partial charge is 0.416 e. The summed E-state index contributed by atoms with van der Waals surface area (Å²) in [6, 6.07) is 2.24. The van der Waals surface area contributed by atoms with Crippen LogP contribution in [0.3, 0.4) is 0 Å². The number of carboxylic acid groups (broad SMARTS) is 1. The van der Waals surface area contributed by atoms with Crippen molar-refractivity contribution in [3.8, 4) is 11.4 Å². The van der Waals surface area contributed by atoms with Crippen LogP contribution in [0.15, 0.2) is 36.5 Å². The monoisotopic (exact) mass is 362 g/mol. The highest BCUT2D eigenvalue weighted by molar-refractivity contribution is 5.84. The summed E-state index contributed by atoms with van der Waals surface area (Å²) in [4.78, 5) is 17.9. The van der Waals surface area contributed by atoms with E-state index in [-0.39, 0.29) is 11.8 Å². The van der Waals surface area contributed by atoms with Crippen molar-refractivity contribution in [1.29, 1.82) is 0 Å². The maximum absolute atomic E-state index is 12.9. The summed E-state index contributed by atoms with van der Waals surface area (Å²) < 4.78 is 77.1. The number of benzene rings is 1. The fourth-order valence-corrected chi connectivity index (χ4v) is 1.85. The minimum absolute atomic E-state index is 0.00230. The molecule has 0 aliphatic heterocycles. The lowest BCUT2D eigenvalue weighted by Crippen LogP contribution is -2.11. The molecule has 25 heavy (non-hydrogen) atoms. The van der Waals surface area contributed by atoms with E-state index in [1.165, 1.54) is 6.07 Å². The highest BCUT2D eigenvalue weighted by atomic mass is 19.4. The maximum atomic E-state index is 12.9. The van der Waals surface area contributed by atoms with Gasteiger partial charge in [0.25, 0.3) is 0 Å². The summed E-state index contributed by atoms with van der Waals surface area (Å²) in [5, 5.41) is 8.53. The van der Waals surface area contributed by atoms with Crippen LogP contribution in [0.25, 0.3) is 17.5 Å². The van der Waals surface area contributed by atoms with Crippen molar-refractivity contribution in [2.75, 3.05) is 0 Å². The minimum Gasteiger partial charge on any atom is -0.478 e. The average Bonchev–Trinajstić information content (AvgIpc) is 2.51. The lowest BCUT2D eigenvalue weighted by Gasteiger charge is -2.13. The normalized spacial score (nSPS) is 12.6. The molecule has 0 saturated carbocycles. The highest BCUT2D eigenvalue weighted by Crippen LogP contribution is 2.38. The number of carboxylic acids is 1. The van der Waals surface area contributed by atoms with Crippen molar-refractivity contribution in [3.63, 3.8) is 0 Å². The van der Waals surface area contributed by atoms with Crippen LogP contribution >= 0.6 is 0 Å². The fourth-order valence-electron chi connectivity index (χ4n) is 1.85. The number of carbonyl (C=O) groups is 1. The van der Waals surface area contributed by atoms with Gasteiger partial charge in [0, 0.05) is 17.8 Å². The summed E-state index contributed by atoms with van der Waals surface area (Å²) in [7, 11) is 0. The third-order valence-corrected chi connectivity index (χ3v) is 2.92. The minimum atomic E-state index is -4.99. The Balaban J connectivity index is 2.58. The van der Waals surface area contributed by atoms with Crippen molar-refractivity contribution in [3.05, 3.63) is 53.4 Å². The van der Waals surface area contributed by atoms with E-state index in [0.29, 0.717) is 12.1 Å². The summed E-state index contributed by atoms with van der Waals surface area (Å²) in [5.41, 5.74) is -3.47. The van der Waals surface area contributed by atoms with Crippen LogP contribution < -0.4 is 0 Å². The first kappa shape index (κ1) is 18.4. The number of halogens is 6. The zero-order valence-electron chi connectivity index (χ0n) is 12.1. The molecule has 0 aliphatic carbocycles. The van der Waals surface area contributed by atoms with E-state index in [0.717, 1.165) is 18.3 Å². The second-order valence-corrected chi connectivity index (χ2v) is 4.77. The fraction of sp³-hybridized carbons (Fsp3) is 0.133. The molecule has 1 aromatic carbocycles. The molecule has 0 saturated heterocycles. The number of rotatable bonds is 3. The lowest BCUT2D eigenvalue weighted by atomic mass is 10.0. The third-order valence-electron chi connectivity index (χ3n) is 2.92. The molecule has 0 unspecified atom stereocenters. The quantitative estimate of drug-likeness (QED) is 0.654. The summed E-state index contributed by atoms with van der Waals surface area (Å²) in [6.07, 6.45) is -7.13. The first-order valence-corrected chi connectivity index (χ1v) is 6.51. The Hall–Kier alpha value is -2.91. The number of aliphatic carboxylic acids is 1. The van der Waals surface area contributed by atoms with Gasteiger partial charge in [-0.25, -0.2) is 14.8 Å². The second kappa shape index (κ2) is 6.54. The standard InChI is InChI=1S/C15H8F6N2O2/c16-14(17,18)9-5-8(6-10(7-9)15(19,20)21)13-22-4-3-11(23-13)1-2-12(24)25/h1-7H,(H,24,25). The molecule has 132 valence electrons. The third kappa shape index (κ3) is 4.78. The van der Waals surface area contributed by atoms with Crippen molar-refractivity contribution >= 4 is 12.0 Å². The molecule has 0 aliphatic rings. The van der Waals surface area contributed by atoms with E-state index in [9.17, 15) is 31.1 Å². The van der Waals surface area contributed by atoms with Gasteiger partial charge < -0.3 is 5.11 Å². The van der Waals surface area contributed by atoms with Crippen LogP contribution in [-0.2, 0) is 17.1 Å². The summed E-state index contributed by atoms with van der Waals surface area (Å²) >= 11 is 0. The molecule has 0 fully saturated rings. The van der Waals surface area contributed by atoms with Crippen molar-refractivity contribution < 1.29 is 36.2 Å². The van der Waals surface area contributed by atoms with Gasteiger partial charge in [-0.2, -0.15) is 26.3 Å². The first-order chi connectivity index (χ1) is 11.5. The molecule has 0 atom stereocenters. The van der Waals surface area contributed by atoms with Gasteiger partial charge in [-0.3, -0.25) is 0 Å². The Kier molecular flexibility index (Phi) is 4.82. The topological polar surface area (TPSA) is 63.1 Å². The molecule has 0 spiro atoms. The van der Waals surface area contributed by atoms with Crippen LogP contribution in [0, 0.1) is 0 Å². The van der Waals surface area contributed by atoms with Crippen LogP contribution in [0.2, 0.25) is 0 Å². The zero-order chi connectivity index (χ0) is 18.8. The predicted molar refractivity (Wildman–Crippen MR) is 74.1 cm³/mol. The first-order valence-electron chi connectivity index (χ1n) is 6.51. The molecule has 2 rings (SSSR count). The number of aromatic nitrogens is 2. The van der Waals surface area contributed by atoms with Gasteiger partial charge in [-0.1, -0.05) is 0 Å². The maximum Gasteiger partial charge on any atom is 0.416 e. The molecule has 2 aromatic rings. The second-order valence-electron chi connectivity index (χ2n) is 4.77. The van der Waals surface area contributed by atoms with Crippen LogP contribution in [0.1, 0.15) is 16.8 Å². The molecule has 1 aromatic heterocycles. The van der Waals surface area contributed by atoms with E-state index in [1.54, 1.807) is 0 Å². The van der Waals surface area contributed by atoms with Gasteiger partial charge in [-0.05, 0) is 30.3 Å². The Labute approximate surface area is 136 Å². The van der Waals surface area contributed by atoms with Crippen molar-refractivity contribution in [2.45, 2.75) is 12.4 Å². The van der Waals surface area contributed by atoms with Crippen LogP contribution in [0.5, 0.6) is 0 Å². The van der Waals surface area contributed by atoms with Gasteiger partial charge in [0.05, 0.1) is 16.8 Å². The van der Waals surface area contributed by atoms with E-state index in [2.05, 4.69) is 9.97 Å². The van der Waals surface area contributed by atoms with Crippen molar-refractivity contribution in [1.82, 2.24) is 9.97 Å². The van der Waals surface area contributed by atoms with Gasteiger partial charge in [0.1, 0.15) is 0 Å². The molecule has 1 N–H and O–H groups in total. The lowest BCUT2D eigenvalue weighted by molar-refractivity contribution is -0.143. The zero-order valence-corrected chi connectivity index (χ0v) is 12.1. The van der Waals surface area contributed by atoms with Gasteiger partial charge in [0.2, 0.25) is 0 Å². The molecule has 10 heteroatoms. The molecule has 0 radical (unpaired) electrons. The van der Waals surface area contributed by atoms with E-state index in [4.69, 9.17) is 5.11 Å². The molecule has 0 amide bonds. The Bertz CT molecular complexity index is 795. The van der Waals surface area contributed by atoms with E-state index < -0.39 is 40.8 Å². The number of hydrogen-bond acceptors (Lipinski definition) is 3. The highest BCUT2D eigenvalue weighted by Gasteiger charge is 2.37.